The lowest BCUT2D eigenvalue weighted by Gasteiger charge is -1.97. The van der Waals surface area contributed by atoms with Crippen LogP contribution in [-0.4, -0.2) is 24.0 Å². The molecule has 0 aliphatic heterocycles. The van der Waals surface area contributed by atoms with Gasteiger partial charge in [0.05, 0.1) is 17.0 Å². The van der Waals surface area contributed by atoms with Gasteiger partial charge in [-0.15, -0.1) is 4.40 Å². The average molecular weight is 190 g/mol. The van der Waals surface area contributed by atoms with Crippen molar-refractivity contribution >= 4 is 33.9 Å². The van der Waals surface area contributed by atoms with Gasteiger partial charge >= 0.3 is 0 Å². The molecule has 1 unspecified atom stereocenters. The highest BCUT2D eigenvalue weighted by Gasteiger charge is 1.97. The summed E-state index contributed by atoms with van der Waals surface area (Å²) in [6.45, 7) is 1.78. The predicted octanol–water partition coefficient (Wildman–Crippen LogP) is 1.34. The first kappa shape index (κ1) is 10.5. The van der Waals surface area contributed by atoms with Gasteiger partial charge in [0.2, 0.25) is 12.2 Å². The average Bonchev–Trinajstić information content (AvgIpc) is 1.99. The van der Waals surface area contributed by atoms with E-state index in [4.69, 9.17) is 0 Å². The van der Waals surface area contributed by atoms with Crippen LogP contribution in [0.3, 0.4) is 0 Å². The molecule has 0 saturated carbocycles. The predicted molar refractivity (Wildman–Crippen MR) is 45.8 cm³/mol. The Morgan fingerprint density at radius 1 is 1.45 bits per heavy atom. The second-order valence-corrected chi connectivity index (χ2v) is 3.67. The van der Waals surface area contributed by atoms with Crippen molar-refractivity contribution in [3.05, 3.63) is 0 Å². The van der Waals surface area contributed by atoms with E-state index >= 15 is 0 Å². The van der Waals surface area contributed by atoms with E-state index in [1.807, 2.05) is 0 Å². The molecule has 11 heavy (non-hydrogen) atoms. The maximum absolute atomic E-state index is 9.71. The zero-order valence-corrected chi connectivity index (χ0v) is 7.44. The Morgan fingerprint density at radius 2 is 2.18 bits per heavy atom. The first-order valence-electron chi connectivity index (χ1n) is 2.74. The summed E-state index contributed by atoms with van der Waals surface area (Å²) in [6.07, 6.45) is 2.84. The Labute approximate surface area is 72.1 Å². The molecule has 0 aliphatic carbocycles. The summed E-state index contributed by atoms with van der Waals surface area (Å²) in [5.41, 5.74) is 0. The topological polar surface area (TPSA) is 58.9 Å². The van der Waals surface area contributed by atoms with Crippen LogP contribution in [-0.2, 0) is 9.59 Å². The summed E-state index contributed by atoms with van der Waals surface area (Å²) >= 11 is 0. The number of carbonyl (C=O) groups excluding carboxylic acids is 2. The van der Waals surface area contributed by atoms with Crippen LogP contribution in [0.25, 0.3) is 0 Å². The van der Waals surface area contributed by atoms with Gasteiger partial charge in [-0.05, 0) is 6.92 Å². The smallest absolute Gasteiger partial charge is 0.211 e. The zero-order valence-electron chi connectivity index (χ0n) is 5.81. The van der Waals surface area contributed by atoms with E-state index in [0.29, 0.717) is 5.75 Å². The standard InChI is InChI=1S/C5H6N2O2S2/c1-5(6-3-8)2-10-11-7-4-9/h5H,2H2,1H3. The van der Waals surface area contributed by atoms with Gasteiger partial charge in [0.1, 0.15) is 0 Å². The van der Waals surface area contributed by atoms with Gasteiger partial charge < -0.3 is 0 Å². The third-order valence-electron chi connectivity index (χ3n) is 0.710. The summed E-state index contributed by atoms with van der Waals surface area (Å²) < 4.78 is 3.24. The van der Waals surface area contributed by atoms with Gasteiger partial charge in [0.15, 0.2) is 0 Å². The van der Waals surface area contributed by atoms with E-state index in [2.05, 4.69) is 9.39 Å². The van der Waals surface area contributed by atoms with Gasteiger partial charge in [-0.3, -0.25) is 0 Å². The lowest BCUT2D eigenvalue weighted by molar-refractivity contribution is 0.560. The van der Waals surface area contributed by atoms with Gasteiger partial charge in [-0.1, -0.05) is 10.8 Å². The van der Waals surface area contributed by atoms with Crippen molar-refractivity contribution in [2.75, 3.05) is 5.75 Å². The number of aliphatic imine (C=N–C) groups is 1. The summed E-state index contributed by atoms with van der Waals surface area (Å²) in [6, 6.07) is -0.0770. The Morgan fingerprint density at radius 3 is 2.73 bits per heavy atom. The molecular formula is C5H6N2O2S2. The molecule has 0 spiro atoms. The molecule has 0 N–H and O–H groups in total. The highest BCUT2D eigenvalue weighted by Crippen LogP contribution is 2.22. The highest BCUT2D eigenvalue weighted by atomic mass is 33.1. The minimum absolute atomic E-state index is 0.0770. The van der Waals surface area contributed by atoms with E-state index in [1.165, 1.54) is 23.0 Å². The molecule has 0 bridgehead atoms. The normalized spacial score (nSPS) is 11.0. The maximum Gasteiger partial charge on any atom is 0.248 e. The third-order valence-corrected chi connectivity index (χ3v) is 2.53. The Balaban J connectivity index is 3.37. The van der Waals surface area contributed by atoms with E-state index < -0.39 is 0 Å². The monoisotopic (exact) mass is 190 g/mol. The highest BCUT2D eigenvalue weighted by molar-refractivity contribution is 8.76. The van der Waals surface area contributed by atoms with Crippen LogP contribution in [0.1, 0.15) is 6.92 Å². The van der Waals surface area contributed by atoms with Crippen LogP contribution in [0.2, 0.25) is 0 Å². The number of hydrogen-bond donors (Lipinski definition) is 0. The van der Waals surface area contributed by atoms with Crippen molar-refractivity contribution in [2.45, 2.75) is 13.0 Å². The van der Waals surface area contributed by atoms with Gasteiger partial charge in [0.25, 0.3) is 0 Å². The lowest BCUT2D eigenvalue weighted by atomic mass is 10.4. The molecule has 60 valence electrons. The van der Waals surface area contributed by atoms with E-state index in [1.54, 1.807) is 6.92 Å². The molecule has 0 radical (unpaired) electrons. The molecule has 6 heteroatoms. The summed E-state index contributed by atoms with van der Waals surface area (Å²) in [5.74, 6) is 0.630. The quantitative estimate of drug-likeness (QED) is 0.216. The number of isocyanates is 2. The van der Waals surface area contributed by atoms with Gasteiger partial charge in [-0.25, -0.2) is 14.6 Å². The second-order valence-electron chi connectivity index (χ2n) is 1.61. The fraction of sp³-hybridized carbons (Fsp3) is 0.600. The second kappa shape index (κ2) is 7.57. The van der Waals surface area contributed by atoms with Crippen LogP contribution >= 0.6 is 21.8 Å². The van der Waals surface area contributed by atoms with Crippen molar-refractivity contribution in [3.63, 3.8) is 0 Å². The van der Waals surface area contributed by atoms with E-state index in [9.17, 15) is 9.59 Å². The molecule has 0 heterocycles. The van der Waals surface area contributed by atoms with E-state index in [0.717, 1.165) is 11.0 Å². The van der Waals surface area contributed by atoms with Crippen molar-refractivity contribution in [1.82, 2.24) is 0 Å². The van der Waals surface area contributed by atoms with Gasteiger partial charge in [-0.2, -0.15) is 0 Å². The zero-order chi connectivity index (χ0) is 8.53. The molecular weight excluding hydrogens is 184 g/mol. The molecule has 0 aromatic carbocycles. The van der Waals surface area contributed by atoms with Crippen LogP contribution in [0, 0.1) is 0 Å². The largest absolute Gasteiger partial charge is 0.248 e. The van der Waals surface area contributed by atoms with Crippen molar-refractivity contribution in [2.24, 2.45) is 9.39 Å². The van der Waals surface area contributed by atoms with Gasteiger partial charge in [0, 0.05) is 5.75 Å². The summed E-state index contributed by atoms with van der Waals surface area (Å²) in [7, 11) is 2.38. The minimum Gasteiger partial charge on any atom is -0.211 e. The van der Waals surface area contributed by atoms with Crippen LogP contribution in [0.4, 0.5) is 0 Å². The van der Waals surface area contributed by atoms with Crippen LogP contribution in [0.5, 0.6) is 0 Å². The first-order valence-corrected chi connectivity index (χ1v) is 5.01. The molecule has 0 amide bonds. The Bertz CT molecular complexity index is 197. The molecule has 0 aliphatic rings. The van der Waals surface area contributed by atoms with Crippen molar-refractivity contribution < 1.29 is 9.59 Å². The Kier molecular flexibility index (Phi) is 7.19. The minimum atomic E-state index is -0.0770. The van der Waals surface area contributed by atoms with Crippen LogP contribution in [0.15, 0.2) is 9.39 Å². The third kappa shape index (κ3) is 7.36. The summed E-state index contributed by atoms with van der Waals surface area (Å²) in [4.78, 5) is 22.7. The SMILES string of the molecule is CC(CSSN=C=O)N=C=O. The molecule has 0 rings (SSSR count). The fourth-order valence-electron chi connectivity index (χ4n) is 0.298. The Hall–Kier alpha value is -0.540. The van der Waals surface area contributed by atoms with Crippen LogP contribution < -0.4 is 0 Å². The molecule has 4 nitrogen and oxygen atoms in total. The molecule has 0 fully saturated rings. The van der Waals surface area contributed by atoms with Crippen molar-refractivity contribution in [3.8, 4) is 0 Å². The molecule has 0 aromatic rings. The number of nitrogens with zero attached hydrogens (tertiary/aromatic N) is 2. The molecule has 0 saturated heterocycles. The maximum atomic E-state index is 9.71. The number of hydrogen-bond acceptors (Lipinski definition) is 6. The fourth-order valence-corrected chi connectivity index (χ4v) is 1.74. The molecule has 1 atom stereocenters. The van der Waals surface area contributed by atoms with Crippen molar-refractivity contribution in [1.29, 1.82) is 0 Å². The first-order chi connectivity index (χ1) is 5.31. The molecule has 0 aromatic heterocycles. The number of rotatable bonds is 5. The summed E-state index contributed by atoms with van der Waals surface area (Å²) in [5, 5.41) is 0. The van der Waals surface area contributed by atoms with E-state index in [-0.39, 0.29) is 6.04 Å². The lowest BCUT2D eigenvalue weighted by Crippen LogP contribution is -1.98.